The number of carbonyl (C=O) groups is 4. The lowest BCUT2D eigenvalue weighted by molar-refractivity contribution is -0.137. The number of piperazine rings is 1. The Kier molecular flexibility index (Phi) is 10.5. The first kappa shape index (κ1) is 37.3. The van der Waals surface area contributed by atoms with Gasteiger partial charge in [-0.3, -0.25) is 29.4 Å². The minimum absolute atomic E-state index is 0.0676. The summed E-state index contributed by atoms with van der Waals surface area (Å²) in [5.41, 5.74) is 8.16. The first-order chi connectivity index (χ1) is 27.1. The monoisotopic (exact) mass is 771 g/mol. The standard InChI is InChI=1S/C43H45N7O5S/c1-27-21-29(30-8-14-38(44-24-30)47(2)3)7-10-33(27)42-45-35-12-6-28(22-37(35)56-42)5-4-16-48-17-19-49(20-18-48)40(52)26-55-32-9-11-34-31(23-32)25-50(43(34)54)36-13-15-39(51)46-41(36)53/h6-12,14,21-24,36H,4-5,13,15-20,25-26H2,1-3H3,(H,46,51,53). The number of rotatable bonds is 11. The van der Waals surface area contributed by atoms with Crippen LogP contribution >= 0.6 is 11.3 Å². The molecule has 0 bridgehead atoms. The maximum atomic E-state index is 13.0. The van der Waals surface area contributed by atoms with Gasteiger partial charge in [-0.1, -0.05) is 24.3 Å². The van der Waals surface area contributed by atoms with Crippen LogP contribution in [0.3, 0.4) is 0 Å². The normalized spacial score (nSPS) is 17.3. The number of nitrogens with one attached hydrogen (secondary N) is 1. The zero-order valence-corrected chi connectivity index (χ0v) is 32.7. The van der Waals surface area contributed by atoms with Crippen LogP contribution in [0.2, 0.25) is 0 Å². The van der Waals surface area contributed by atoms with E-state index in [2.05, 4.69) is 64.6 Å². The van der Waals surface area contributed by atoms with E-state index >= 15 is 0 Å². The Morgan fingerprint density at radius 1 is 0.946 bits per heavy atom. The van der Waals surface area contributed by atoms with Gasteiger partial charge >= 0.3 is 0 Å². The second-order valence-electron chi connectivity index (χ2n) is 15.0. The lowest BCUT2D eigenvalue weighted by atomic mass is 10.0. The van der Waals surface area contributed by atoms with E-state index in [1.165, 1.54) is 20.7 Å². The minimum Gasteiger partial charge on any atom is -0.484 e. The van der Waals surface area contributed by atoms with Crippen molar-refractivity contribution in [1.29, 1.82) is 0 Å². The average molecular weight is 772 g/mol. The van der Waals surface area contributed by atoms with Crippen LogP contribution in [-0.4, -0.2) is 108 Å². The molecule has 0 saturated carbocycles. The minimum atomic E-state index is -0.671. The van der Waals surface area contributed by atoms with Crippen LogP contribution in [0, 0.1) is 6.92 Å². The average Bonchev–Trinajstić information content (AvgIpc) is 3.77. The summed E-state index contributed by atoms with van der Waals surface area (Å²) >= 11 is 1.74. The SMILES string of the molecule is Cc1cc(-c2ccc(N(C)C)nc2)ccc1-c1nc2ccc(CCCN3CCN(C(=O)COc4ccc5c(c4)CN(C4CCC(=O)NC4=O)C5=O)CC3)cc2s1. The summed E-state index contributed by atoms with van der Waals surface area (Å²) < 4.78 is 7.06. The number of amides is 4. The summed E-state index contributed by atoms with van der Waals surface area (Å²) in [5, 5.41) is 3.35. The van der Waals surface area contributed by atoms with Crippen LogP contribution in [0.25, 0.3) is 31.9 Å². The topological polar surface area (TPSA) is 128 Å². The zero-order valence-electron chi connectivity index (χ0n) is 31.9. The van der Waals surface area contributed by atoms with Crippen molar-refractivity contribution >= 4 is 51.0 Å². The van der Waals surface area contributed by atoms with Crippen LogP contribution < -0.4 is 15.0 Å². The summed E-state index contributed by atoms with van der Waals surface area (Å²) in [6, 6.07) is 21.8. The van der Waals surface area contributed by atoms with Gasteiger partial charge in [0.1, 0.15) is 22.6 Å². The second-order valence-corrected chi connectivity index (χ2v) is 16.0. The molecule has 4 amide bonds. The fraction of sp³-hybridized carbons (Fsp3) is 0.349. The molecule has 2 fully saturated rings. The zero-order chi connectivity index (χ0) is 38.9. The van der Waals surface area contributed by atoms with Crippen molar-refractivity contribution in [3.05, 3.63) is 95.2 Å². The number of thiazole rings is 1. The quantitative estimate of drug-likeness (QED) is 0.178. The van der Waals surface area contributed by atoms with Gasteiger partial charge in [-0.25, -0.2) is 9.97 Å². The molecular weight excluding hydrogens is 727 g/mol. The molecule has 8 rings (SSSR count). The van der Waals surface area contributed by atoms with Gasteiger partial charge in [0.25, 0.3) is 11.8 Å². The highest BCUT2D eigenvalue weighted by atomic mass is 32.1. The van der Waals surface area contributed by atoms with Gasteiger partial charge in [-0.05, 0) is 97.4 Å². The van der Waals surface area contributed by atoms with E-state index in [0.717, 1.165) is 71.1 Å². The van der Waals surface area contributed by atoms with E-state index in [-0.39, 0.29) is 37.3 Å². The lowest BCUT2D eigenvalue weighted by Gasteiger charge is -2.34. The number of pyridine rings is 1. The number of aryl methyl sites for hydroxylation is 2. The third kappa shape index (κ3) is 7.87. The van der Waals surface area contributed by atoms with Crippen molar-refractivity contribution in [3.8, 4) is 27.4 Å². The third-order valence-electron chi connectivity index (χ3n) is 11.0. The molecule has 0 spiro atoms. The van der Waals surface area contributed by atoms with Crippen molar-refractivity contribution in [3.63, 3.8) is 0 Å². The van der Waals surface area contributed by atoms with Crippen molar-refractivity contribution in [2.24, 2.45) is 0 Å². The van der Waals surface area contributed by atoms with Gasteiger partial charge in [0.15, 0.2) is 6.61 Å². The van der Waals surface area contributed by atoms with E-state index in [0.29, 0.717) is 30.8 Å². The number of fused-ring (bicyclic) bond motifs is 2. The molecule has 12 nitrogen and oxygen atoms in total. The van der Waals surface area contributed by atoms with Crippen molar-refractivity contribution in [2.75, 3.05) is 58.3 Å². The summed E-state index contributed by atoms with van der Waals surface area (Å²) in [4.78, 5) is 67.3. The number of imide groups is 1. The molecule has 5 heterocycles. The first-order valence-corrected chi connectivity index (χ1v) is 20.0. The molecule has 3 aliphatic rings. The molecule has 1 N–H and O–H groups in total. The molecule has 288 valence electrons. The Balaban J connectivity index is 0.785. The van der Waals surface area contributed by atoms with Gasteiger partial charge < -0.3 is 19.4 Å². The molecule has 13 heteroatoms. The van der Waals surface area contributed by atoms with Crippen molar-refractivity contribution in [2.45, 2.75) is 45.2 Å². The van der Waals surface area contributed by atoms with Gasteiger partial charge in [-0.2, -0.15) is 0 Å². The molecule has 3 aliphatic heterocycles. The predicted octanol–water partition coefficient (Wildman–Crippen LogP) is 5.32. The Hall–Kier alpha value is -5.66. The number of hydrogen-bond acceptors (Lipinski definition) is 10. The molecule has 56 heavy (non-hydrogen) atoms. The van der Waals surface area contributed by atoms with Crippen LogP contribution in [-0.2, 0) is 27.3 Å². The number of piperidine rings is 1. The van der Waals surface area contributed by atoms with E-state index < -0.39 is 11.9 Å². The van der Waals surface area contributed by atoms with E-state index in [4.69, 9.17) is 9.72 Å². The number of anilines is 1. The van der Waals surface area contributed by atoms with Crippen LogP contribution in [0.15, 0.2) is 72.9 Å². The van der Waals surface area contributed by atoms with E-state index in [1.54, 1.807) is 29.5 Å². The van der Waals surface area contributed by atoms with Crippen LogP contribution in [0.1, 0.15) is 46.3 Å². The van der Waals surface area contributed by atoms with Crippen molar-refractivity contribution < 1.29 is 23.9 Å². The van der Waals surface area contributed by atoms with Crippen molar-refractivity contribution in [1.82, 2.24) is 30.0 Å². The molecule has 2 aromatic heterocycles. The molecule has 3 aromatic carbocycles. The highest BCUT2D eigenvalue weighted by Crippen LogP contribution is 2.35. The molecule has 5 aromatic rings. The Morgan fingerprint density at radius 3 is 2.50 bits per heavy atom. The molecule has 0 aliphatic carbocycles. The summed E-state index contributed by atoms with van der Waals surface area (Å²) in [6.45, 7) is 6.22. The van der Waals surface area contributed by atoms with E-state index in [1.807, 2.05) is 36.2 Å². The molecule has 1 atom stereocenters. The maximum absolute atomic E-state index is 13.0. The molecule has 2 saturated heterocycles. The number of nitrogens with zero attached hydrogens (tertiary/aromatic N) is 6. The fourth-order valence-corrected chi connectivity index (χ4v) is 8.87. The second kappa shape index (κ2) is 15.8. The highest BCUT2D eigenvalue weighted by Gasteiger charge is 2.39. The van der Waals surface area contributed by atoms with Crippen LogP contribution in [0.5, 0.6) is 5.75 Å². The summed E-state index contributed by atoms with van der Waals surface area (Å²) in [5.74, 6) is 0.378. The molecule has 0 radical (unpaired) electrons. The van der Waals surface area contributed by atoms with E-state index in [9.17, 15) is 19.2 Å². The Labute approximate surface area is 330 Å². The number of benzene rings is 3. The van der Waals surface area contributed by atoms with Crippen LogP contribution in [0.4, 0.5) is 5.82 Å². The van der Waals surface area contributed by atoms with Gasteiger partial charge in [0.2, 0.25) is 11.8 Å². The number of hydrogen-bond donors (Lipinski definition) is 1. The number of ether oxygens (including phenoxy) is 1. The predicted molar refractivity (Wildman–Crippen MR) is 217 cm³/mol. The van der Waals surface area contributed by atoms with Gasteiger partial charge in [-0.15, -0.1) is 11.3 Å². The molecule has 1 unspecified atom stereocenters. The number of carbonyl (C=O) groups excluding carboxylic acids is 4. The Bertz CT molecular complexity index is 2320. The molecular formula is C43H45N7O5S. The third-order valence-corrected chi connectivity index (χ3v) is 12.0. The lowest BCUT2D eigenvalue weighted by Crippen LogP contribution is -2.52. The Morgan fingerprint density at radius 2 is 1.75 bits per heavy atom. The number of aromatic nitrogens is 2. The largest absolute Gasteiger partial charge is 0.484 e. The highest BCUT2D eigenvalue weighted by molar-refractivity contribution is 7.21. The summed E-state index contributed by atoms with van der Waals surface area (Å²) in [6.07, 6.45) is 4.44. The fourth-order valence-electron chi connectivity index (χ4n) is 7.75. The smallest absolute Gasteiger partial charge is 0.260 e. The van der Waals surface area contributed by atoms with Gasteiger partial charge in [0, 0.05) is 76.1 Å². The summed E-state index contributed by atoms with van der Waals surface area (Å²) in [7, 11) is 3.98. The van der Waals surface area contributed by atoms with Gasteiger partial charge in [0.05, 0.1) is 10.2 Å². The maximum Gasteiger partial charge on any atom is 0.260 e. The first-order valence-electron chi connectivity index (χ1n) is 19.1.